The topological polar surface area (TPSA) is 53.8 Å². The highest BCUT2D eigenvalue weighted by molar-refractivity contribution is 5.33. The van der Waals surface area contributed by atoms with Crippen LogP contribution in [0, 0.1) is 0 Å². The Balaban J connectivity index is 1.29. The Bertz CT molecular complexity index is 1000. The quantitative estimate of drug-likeness (QED) is 0.531. The zero-order valence-electron chi connectivity index (χ0n) is 19.2. The molecule has 4 rings (SSSR count). The first-order chi connectivity index (χ1) is 15.6. The lowest BCUT2D eigenvalue weighted by Gasteiger charge is -2.30. The number of β-amino-alcohol motifs (C(OH)–C–C–N with tert-alkyl or cyclic N) is 1. The normalized spacial score (nSPS) is 15.0. The zero-order chi connectivity index (χ0) is 22.3. The predicted molar refractivity (Wildman–Crippen MR) is 126 cm³/mol. The molecule has 170 valence electrons. The third-order valence-electron chi connectivity index (χ3n) is 6.08. The summed E-state index contributed by atoms with van der Waals surface area (Å²) in [5.41, 5.74) is 3.90. The van der Waals surface area contributed by atoms with Gasteiger partial charge in [0, 0.05) is 50.7 Å². The lowest BCUT2D eigenvalue weighted by atomic mass is 10.00. The fraction of sp³-hybridized carbons (Fsp3) is 0.423. The molecule has 1 aliphatic rings. The van der Waals surface area contributed by atoms with Crippen molar-refractivity contribution in [1.29, 1.82) is 0 Å². The van der Waals surface area contributed by atoms with Crippen LogP contribution >= 0.6 is 0 Å². The van der Waals surface area contributed by atoms with Crippen molar-refractivity contribution in [2.75, 3.05) is 26.7 Å². The van der Waals surface area contributed by atoms with Gasteiger partial charge in [0.05, 0.1) is 6.54 Å². The number of hydrogen-bond donors (Lipinski definition) is 1. The van der Waals surface area contributed by atoms with E-state index in [-0.39, 0.29) is 0 Å². The van der Waals surface area contributed by atoms with E-state index in [0.29, 0.717) is 13.2 Å². The Kier molecular flexibility index (Phi) is 7.58. The summed E-state index contributed by atoms with van der Waals surface area (Å²) >= 11 is 0. The van der Waals surface area contributed by atoms with Crippen LogP contribution in [0.2, 0.25) is 0 Å². The highest BCUT2D eigenvalue weighted by Crippen LogP contribution is 2.21. The second-order valence-electron chi connectivity index (χ2n) is 8.63. The first kappa shape index (κ1) is 22.5. The first-order valence-corrected chi connectivity index (χ1v) is 11.5. The molecule has 1 aliphatic heterocycles. The van der Waals surface area contributed by atoms with Gasteiger partial charge in [-0.3, -0.25) is 9.80 Å². The van der Waals surface area contributed by atoms with E-state index in [2.05, 4.69) is 63.7 Å². The number of rotatable bonds is 10. The number of aliphatic hydroxyl groups excluding tert-OH is 1. The molecule has 0 spiro atoms. The molecule has 6 nitrogen and oxygen atoms in total. The highest BCUT2D eigenvalue weighted by Gasteiger charge is 2.19. The number of para-hydroxylation sites is 1. The van der Waals surface area contributed by atoms with Gasteiger partial charge < -0.3 is 14.4 Å². The number of aromatic nitrogens is 2. The SMILES string of the molecule is CCn1ccnc1CN(C)Cc1ccccc1OCC(O)CN1CCc2ccccc2C1. The minimum Gasteiger partial charge on any atom is -0.491 e. The number of ether oxygens (including phenoxy) is 1. The number of aliphatic hydroxyl groups is 1. The molecule has 2 heterocycles. The lowest BCUT2D eigenvalue weighted by molar-refractivity contribution is 0.0632. The van der Waals surface area contributed by atoms with Gasteiger partial charge in [-0.1, -0.05) is 42.5 Å². The van der Waals surface area contributed by atoms with Crippen molar-refractivity contribution in [2.45, 2.75) is 45.6 Å². The molecule has 1 aromatic heterocycles. The fourth-order valence-corrected chi connectivity index (χ4v) is 4.39. The van der Waals surface area contributed by atoms with Crippen molar-refractivity contribution in [1.82, 2.24) is 19.4 Å². The molecule has 0 saturated carbocycles. The van der Waals surface area contributed by atoms with E-state index >= 15 is 0 Å². The van der Waals surface area contributed by atoms with Crippen LogP contribution < -0.4 is 4.74 Å². The van der Waals surface area contributed by atoms with E-state index in [0.717, 1.165) is 56.3 Å². The molecular formula is C26H34N4O2. The smallest absolute Gasteiger partial charge is 0.123 e. The van der Waals surface area contributed by atoms with E-state index in [1.165, 1.54) is 11.1 Å². The molecule has 0 amide bonds. The zero-order valence-corrected chi connectivity index (χ0v) is 19.2. The van der Waals surface area contributed by atoms with Crippen LogP contribution in [-0.2, 0) is 32.6 Å². The molecule has 0 saturated heterocycles. The fourth-order valence-electron chi connectivity index (χ4n) is 4.39. The van der Waals surface area contributed by atoms with E-state index in [1.807, 2.05) is 30.6 Å². The van der Waals surface area contributed by atoms with Gasteiger partial charge in [-0.25, -0.2) is 4.98 Å². The van der Waals surface area contributed by atoms with Crippen LogP contribution in [0.1, 0.15) is 29.4 Å². The number of imidazole rings is 1. The summed E-state index contributed by atoms with van der Waals surface area (Å²) in [6.45, 7) is 7.35. The van der Waals surface area contributed by atoms with E-state index in [9.17, 15) is 5.11 Å². The van der Waals surface area contributed by atoms with Crippen LogP contribution in [0.15, 0.2) is 60.9 Å². The van der Waals surface area contributed by atoms with Crippen LogP contribution in [0.25, 0.3) is 0 Å². The van der Waals surface area contributed by atoms with Gasteiger partial charge in [0.25, 0.3) is 0 Å². The molecule has 6 heteroatoms. The van der Waals surface area contributed by atoms with Crippen molar-refractivity contribution in [2.24, 2.45) is 0 Å². The molecule has 0 bridgehead atoms. The van der Waals surface area contributed by atoms with Gasteiger partial charge in [-0.15, -0.1) is 0 Å². The second kappa shape index (κ2) is 10.8. The van der Waals surface area contributed by atoms with Gasteiger partial charge in [0.1, 0.15) is 24.3 Å². The lowest BCUT2D eigenvalue weighted by Crippen LogP contribution is -2.38. The summed E-state index contributed by atoms with van der Waals surface area (Å²) in [5, 5.41) is 10.6. The summed E-state index contributed by atoms with van der Waals surface area (Å²) < 4.78 is 8.23. The van der Waals surface area contributed by atoms with Crippen molar-refractivity contribution in [3.63, 3.8) is 0 Å². The van der Waals surface area contributed by atoms with Crippen LogP contribution in [0.5, 0.6) is 5.75 Å². The van der Waals surface area contributed by atoms with Crippen molar-refractivity contribution >= 4 is 0 Å². The summed E-state index contributed by atoms with van der Waals surface area (Å²) in [4.78, 5) is 9.02. The van der Waals surface area contributed by atoms with E-state index in [4.69, 9.17) is 4.74 Å². The third kappa shape index (κ3) is 5.76. The number of fused-ring (bicyclic) bond motifs is 1. The molecule has 0 fully saturated rings. The van der Waals surface area contributed by atoms with Crippen molar-refractivity contribution in [3.8, 4) is 5.75 Å². The van der Waals surface area contributed by atoms with Crippen molar-refractivity contribution in [3.05, 3.63) is 83.4 Å². The highest BCUT2D eigenvalue weighted by atomic mass is 16.5. The van der Waals surface area contributed by atoms with Gasteiger partial charge in [0.2, 0.25) is 0 Å². The molecular weight excluding hydrogens is 400 g/mol. The van der Waals surface area contributed by atoms with Crippen LogP contribution in [-0.4, -0.2) is 57.3 Å². The van der Waals surface area contributed by atoms with Gasteiger partial charge >= 0.3 is 0 Å². The maximum absolute atomic E-state index is 10.6. The van der Waals surface area contributed by atoms with E-state index < -0.39 is 6.10 Å². The van der Waals surface area contributed by atoms with Crippen LogP contribution in [0.4, 0.5) is 0 Å². The molecule has 1 N–H and O–H groups in total. The Morgan fingerprint density at radius 1 is 1.09 bits per heavy atom. The first-order valence-electron chi connectivity index (χ1n) is 11.5. The Morgan fingerprint density at radius 3 is 2.72 bits per heavy atom. The van der Waals surface area contributed by atoms with Crippen LogP contribution in [0.3, 0.4) is 0 Å². The maximum Gasteiger partial charge on any atom is 0.123 e. The average molecular weight is 435 g/mol. The minimum atomic E-state index is -0.525. The number of nitrogens with zero attached hydrogens (tertiary/aromatic N) is 4. The van der Waals surface area contributed by atoms with Gasteiger partial charge in [-0.2, -0.15) is 0 Å². The summed E-state index contributed by atoms with van der Waals surface area (Å²) in [7, 11) is 2.09. The molecule has 3 aromatic rings. The second-order valence-corrected chi connectivity index (χ2v) is 8.63. The third-order valence-corrected chi connectivity index (χ3v) is 6.08. The monoisotopic (exact) mass is 434 g/mol. The molecule has 2 aromatic carbocycles. The predicted octanol–water partition coefficient (Wildman–Crippen LogP) is 3.33. The standard InChI is InChI=1S/C26H34N4O2/c1-3-30-15-13-27-26(30)19-28(2)16-23-10-6-7-11-25(23)32-20-24(31)18-29-14-12-21-8-4-5-9-22(21)17-29/h4-11,13,15,24,31H,3,12,14,16-20H2,1-2H3. The van der Waals surface area contributed by atoms with E-state index in [1.54, 1.807) is 0 Å². The Hall–Kier alpha value is -2.67. The van der Waals surface area contributed by atoms with Crippen molar-refractivity contribution < 1.29 is 9.84 Å². The molecule has 1 unspecified atom stereocenters. The summed E-state index contributed by atoms with van der Waals surface area (Å²) in [5.74, 6) is 1.90. The molecule has 32 heavy (non-hydrogen) atoms. The number of benzene rings is 2. The van der Waals surface area contributed by atoms with Gasteiger partial charge in [-0.05, 0) is 37.6 Å². The minimum absolute atomic E-state index is 0.291. The number of hydrogen-bond acceptors (Lipinski definition) is 5. The molecule has 1 atom stereocenters. The molecule has 0 radical (unpaired) electrons. The Morgan fingerprint density at radius 2 is 1.88 bits per heavy atom. The Labute approximate surface area is 191 Å². The maximum atomic E-state index is 10.6. The largest absolute Gasteiger partial charge is 0.491 e. The summed E-state index contributed by atoms with van der Waals surface area (Å²) in [6, 6.07) is 16.7. The molecule has 0 aliphatic carbocycles. The average Bonchev–Trinajstić information content (AvgIpc) is 3.25. The number of aryl methyl sites for hydroxylation is 1. The summed E-state index contributed by atoms with van der Waals surface area (Å²) in [6.07, 6.45) is 4.38. The van der Waals surface area contributed by atoms with Gasteiger partial charge in [0.15, 0.2) is 0 Å².